The lowest BCUT2D eigenvalue weighted by Crippen LogP contribution is -2.39. The molecule has 6 nitrogen and oxygen atoms in total. The Morgan fingerprint density at radius 1 is 1.14 bits per heavy atom. The number of hydrogen-bond acceptors (Lipinski definition) is 4. The molecule has 1 saturated heterocycles. The number of nitrogens with zero attached hydrogens (tertiary/aromatic N) is 2. The van der Waals surface area contributed by atoms with Gasteiger partial charge in [-0.1, -0.05) is 12.8 Å². The van der Waals surface area contributed by atoms with Gasteiger partial charge in [-0.25, -0.2) is 13.1 Å². The van der Waals surface area contributed by atoms with Gasteiger partial charge >= 0.3 is 0 Å². The molecule has 1 aliphatic heterocycles. The summed E-state index contributed by atoms with van der Waals surface area (Å²) in [6.45, 7) is 6.69. The molecule has 29 heavy (non-hydrogen) atoms. The SMILES string of the molecule is CCOc1ccc(S(=O)(=O)NCC(c2cccn2C)N2CCCCCC2)cc1C. The molecule has 160 valence electrons. The van der Waals surface area contributed by atoms with Crippen molar-refractivity contribution in [3.8, 4) is 5.75 Å². The zero-order valence-corrected chi connectivity index (χ0v) is 18.5. The van der Waals surface area contributed by atoms with E-state index in [-0.39, 0.29) is 10.9 Å². The molecular weight excluding hydrogens is 386 g/mol. The number of likely N-dealkylation sites (tertiary alicyclic amines) is 1. The molecule has 0 aliphatic carbocycles. The molecule has 2 aromatic rings. The Morgan fingerprint density at radius 3 is 2.45 bits per heavy atom. The van der Waals surface area contributed by atoms with Gasteiger partial charge in [0.1, 0.15) is 5.75 Å². The van der Waals surface area contributed by atoms with Crippen LogP contribution >= 0.6 is 0 Å². The second-order valence-electron chi connectivity index (χ2n) is 7.72. The van der Waals surface area contributed by atoms with E-state index in [0.29, 0.717) is 13.2 Å². The maximum atomic E-state index is 13.0. The number of aryl methyl sites for hydroxylation is 2. The molecule has 1 N–H and O–H groups in total. The van der Waals surface area contributed by atoms with Gasteiger partial charge in [-0.05, 0) is 75.7 Å². The van der Waals surface area contributed by atoms with Crippen LogP contribution in [0, 0.1) is 6.92 Å². The summed E-state index contributed by atoms with van der Waals surface area (Å²) >= 11 is 0. The molecule has 0 saturated carbocycles. The fourth-order valence-corrected chi connectivity index (χ4v) is 5.15. The summed E-state index contributed by atoms with van der Waals surface area (Å²) in [6, 6.07) is 9.15. The van der Waals surface area contributed by atoms with Gasteiger partial charge in [-0.3, -0.25) is 4.90 Å². The van der Waals surface area contributed by atoms with Gasteiger partial charge in [0.2, 0.25) is 10.0 Å². The smallest absolute Gasteiger partial charge is 0.240 e. The summed E-state index contributed by atoms with van der Waals surface area (Å²) < 4.78 is 36.5. The van der Waals surface area contributed by atoms with E-state index >= 15 is 0 Å². The predicted molar refractivity (Wildman–Crippen MR) is 116 cm³/mol. The Morgan fingerprint density at radius 2 is 1.86 bits per heavy atom. The van der Waals surface area contributed by atoms with Crippen LogP contribution in [0.2, 0.25) is 0 Å². The van der Waals surface area contributed by atoms with Crippen molar-refractivity contribution in [1.82, 2.24) is 14.2 Å². The number of nitrogens with one attached hydrogen (secondary N) is 1. The predicted octanol–water partition coefficient (Wildman–Crippen LogP) is 3.63. The molecular formula is C22H33N3O3S. The standard InChI is InChI=1S/C22H33N3O3S/c1-4-28-22-12-11-19(16-18(22)2)29(26,27)23-17-21(20-10-9-13-24(20)3)25-14-7-5-6-8-15-25/h9-13,16,21,23H,4-8,14-15,17H2,1-3H3. The lowest BCUT2D eigenvalue weighted by Gasteiger charge is -2.31. The summed E-state index contributed by atoms with van der Waals surface area (Å²) in [7, 11) is -1.58. The maximum absolute atomic E-state index is 13.0. The summed E-state index contributed by atoms with van der Waals surface area (Å²) in [5.74, 6) is 0.720. The number of ether oxygens (including phenoxy) is 1. The molecule has 1 aromatic carbocycles. The monoisotopic (exact) mass is 419 g/mol. The second-order valence-corrected chi connectivity index (χ2v) is 9.49. The first-order valence-corrected chi connectivity index (χ1v) is 12.0. The van der Waals surface area contributed by atoms with Gasteiger partial charge < -0.3 is 9.30 Å². The van der Waals surface area contributed by atoms with E-state index < -0.39 is 10.0 Å². The van der Waals surface area contributed by atoms with Crippen molar-refractivity contribution in [2.24, 2.45) is 7.05 Å². The zero-order valence-electron chi connectivity index (χ0n) is 17.7. The van der Waals surface area contributed by atoms with E-state index in [9.17, 15) is 8.42 Å². The van der Waals surface area contributed by atoms with Crippen molar-refractivity contribution < 1.29 is 13.2 Å². The van der Waals surface area contributed by atoms with Gasteiger partial charge in [-0.2, -0.15) is 0 Å². The molecule has 2 heterocycles. The molecule has 0 amide bonds. The van der Waals surface area contributed by atoms with Crippen molar-refractivity contribution in [3.63, 3.8) is 0 Å². The first-order chi connectivity index (χ1) is 13.9. The highest BCUT2D eigenvalue weighted by Crippen LogP contribution is 2.26. The Hall–Kier alpha value is -1.83. The van der Waals surface area contributed by atoms with Crippen LogP contribution in [0.4, 0.5) is 0 Å². The molecule has 7 heteroatoms. The van der Waals surface area contributed by atoms with Crippen molar-refractivity contribution in [1.29, 1.82) is 0 Å². The van der Waals surface area contributed by atoms with Crippen LogP contribution in [0.1, 0.15) is 49.9 Å². The van der Waals surface area contributed by atoms with Crippen LogP contribution in [-0.4, -0.2) is 44.1 Å². The van der Waals surface area contributed by atoms with E-state index in [1.54, 1.807) is 18.2 Å². The fraction of sp³-hybridized carbons (Fsp3) is 0.545. The topological polar surface area (TPSA) is 63.6 Å². The minimum absolute atomic E-state index is 0.0201. The second kappa shape index (κ2) is 9.78. The molecule has 0 spiro atoms. The fourth-order valence-electron chi connectivity index (χ4n) is 4.03. The van der Waals surface area contributed by atoms with Crippen LogP contribution in [-0.2, 0) is 17.1 Å². The maximum Gasteiger partial charge on any atom is 0.240 e. The van der Waals surface area contributed by atoms with E-state index in [0.717, 1.165) is 42.9 Å². The third-order valence-corrected chi connectivity index (χ3v) is 7.05. The normalized spacial score (nSPS) is 17.1. The molecule has 1 unspecified atom stereocenters. The quantitative estimate of drug-likeness (QED) is 0.710. The largest absolute Gasteiger partial charge is 0.494 e. The van der Waals surface area contributed by atoms with Crippen LogP contribution in [0.15, 0.2) is 41.4 Å². The van der Waals surface area contributed by atoms with Crippen molar-refractivity contribution in [2.75, 3.05) is 26.2 Å². The van der Waals surface area contributed by atoms with E-state index in [1.807, 2.05) is 33.2 Å². The van der Waals surface area contributed by atoms with Crippen molar-refractivity contribution in [3.05, 3.63) is 47.8 Å². The van der Waals surface area contributed by atoms with Gasteiger partial charge in [0, 0.05) is 25.5 Å². The Bertz CT molecular complexity index is 900. The van der Waals surface area contributed by atoms with Gasteiger partial charge in [0.25, 0.3) is 0 Å². The lowest BCUT2D eigenvalue weighted by molar-refractivity contribution is 0.199. The van der Waals surface area contributed by atoms with Crippen LogP contribution in [0.5, 0.6) is 5.75 Å². The average molecular weight is 420 g/mol. The molecule has 1 atom stereocenters. The molecule has 0 bridgehead atoms. The third-order valence-electron chi connectivity index (χ3n) is 5.63. The molecule has 3 rings (SSSR count). The van der Waals surface area contributed by atoms with Crippen LogP contribution in [0.3, 0.4) is 0 Å². The molecule has 1 fully saturated rings. The molecule has 1 aliphatic rings. The Labute approximate surface area is 174 Å². The first-order valence-electron chi connectivity index (χ1n) is 10.5. The first kappa shape index (κ1) is 21.9. The average Bonchev–Trinajstić information content (AvgIpc) is 2.93. The number of rotatable bonds is 8. The van der Waals surface area contributed by atoms with E-state index in [1.165, 1.54) is 12.8 Å². The lowest BCUT2D eigenvalue weighted by atomic mass is 10.1. The summed E-state index contributed by atoms with van der Waals surface area (Å²) in [5, 5.41) is 0. The molecule has 1 aromatic heterocycles. The summed E-state index contributed by atoms with van der Waals surface area (Å²) in [4.78, 5) is 2.70. The van der Waals surface area contributed by atoms with Crippen LogP contribution in [0.25, 0.3) is 0 Å². The number of hydrogen-bond donors (Lipinski definition) is 1. The van der Waals surface area contributed by atoms with Crippen molar-refractivity contribution >= 4 is 10.0 Å². The minimum Gasteiger partial charge on any atom is -0.494 e. The van der Waals surface area contributed by atoms with Gasteiger partial charge in [0.15, 0.2) is 0 Å². The van der Waals surface area contributed by atoms with Crippen molar-refractivity contribution in [2.45, 2.75) is 50.5 Å². The van der Waals surface area contributed by atoms with E-state index in [4.69, 9.17) is 4.74 Å². The van der Waals surface area contributed by atoms with Crippen LogP contribution < -0.4 is 9.46 Å². The summed E-state index contributed by atoms with van der Waals surface area (Å²) in [5.41, 5.74) is 1.96. The highest BCUT2D eigenvalue weighted by Gasteiger charge is 2.26. The third kappa shape index (κ3) is 5.41. The van der Waals surface area contributed by atoms with Gasteiger partial charge in [0.05, 0.1) is 17.5 Å². The Balaban J connectivity index is 1.79. The Kier molecular flexibility index (Phi) is 7.38. The number of aromatic nitrogens is 1. The summed E-state index contributed by atoms with van der Waals surface area (Å²) in [6.07, 6.45) is 6.82. The number of benzene rings is 1. The van der Waals surface area contributed by atoms with Gasteiger partial charge in [-0.15, -0.1) is 0 Å². The number of sulfonamides is 1. The van der Waals surface area contributed by atoms with E-state index in [2.05, 4.69) is 20.3 Å². The highest BCUT2D eigenvalue weighted by molar-refractivity contribution is 7.89. The molecule has 0 radical (unpaired) electrons. The minimum atomic E-state index is -3.60. The zero-order chi connectivity index (χ0) is 20.9. The highest BCUT2D eigenvalue weighted by atomic mass is 32.2.